The van der Waals surface area contributed by atoms with Crippen molar-refractivity contribution in [2.75, 3.05) is 38.1 Å². The lowest BCUT2D eigenvalue weighted by molar-refractivity contribution is -0.135. The first-order valence-corrected chi connectivity index (χ1v) is 19.7. The third-order valence-corrected chi connectivity index (χ3v) is 13.2. The van der Waals surface area contributed by atoms with E-state index in [2.05, 4.69) is 14.9 Å². The molecule has 0 unspecified atom stereocenters. The van der Waals surface area contributed by atoms with Crippen molar-refractivity contribution in [2.45, 2.75) is 28.0 Å². The second-order valence-electron chi connectivity index (χ2n) is 12.7. The van der Waals surface area contributed by atoms with Gasteiger partial charge in [0.15, 0.2) is 9.84 Å². The Balaban J connectivity index is 1.16. The second kappa shape index (κ2) is 14.2. The molecule has 1 aliphatic rings. The number of carbonyl (C=O) groups is 1. The number of benzene rings is 4. The van der Waals surface area contributed by atoms with Gasteiger partial charge in [-0.05, 0) is 53.9 Å². The summed E-state index contributed by atoms with van der Waals surface area (Å²) in [5.41, 5.74) is 2.36. The molecule has 0 aliphatic carbocycles. The normalized spacial score (nSPS) is 14.6. The minimum atomic E-state index is -4.14. The van der Waals surface area contributed by atoms with Gasteiger partial charge in [0, 0.05) is 85.2 Å². The van der Waals surface area contributed by atoms with Crippen LogP contribution >= 0.6 is 0 Å². The summed E-state index contributed by atoms with van der Waals surface area (Å²) in [4.78, 5) is 26.9. The maximum Gasteiger partial charge on any atom is 0.244 e. The average Bonchev–Trinajstić information content (AvgIpc) is 3.17. The van der Waals surface area contributed by atoms with Crippen LogP contribution in [0.3, 0.4) is 0 Å². The van der Waals surface area contributed by atoms with Gasteiger partial charge < -0.3 is 9.80 Å². The van der Waals surface area contributed by atoms with E-state index in [1.807, 2.05) is 36.4 Å². The number of anilines is 1. The molecule has 1 atom stereocenters. The van der Waals surface area contributed by atoms with Crippen LogP contribution in [0.25, 0.3) is 21.5 Å². The van der Waals surface area contributed by atoms with Crippen LogP contribution in [0.2, 0.25) is 0 Å². The number of hydrogen-bond donors (Lipinski definition) is 0. The van der Waals surface area contributed by atoms with Crippen LogP contribution < -0.4 is 4.90 Å². The van der Waals surface area contributed by atoms with E-state index in [4.69, 9.17) is 0 Å². The number of sulfonamides is 1. The van der Waals surface area contributed by atoms with Crippen LogP contribution in [0, 0.1) is 0 Å². The molecule has 10 nitrogen and oxygen atoms in total. The largest absolute Gasteiger partial charge is 0.368 e. The minimum absolute atomic E-state index is 0.0985. The number of amides is 1. The standard InChI is InChI=1S/C39H37N5O5S2/c1-42(51(48,49)38-12-6-8-32-27-41-20-18-35(32)38)36(39(45)44-23-21-43(22-24-44)33-9-3-2-4-10-33)25-29-13-15-30(16-14-29)28-50(46,47)37-11-5-7-31-26-40-19-17-34(31)37/h2-20,26-27,36H,21-25,28H2,1H3/t36-/m0/s1. The van der Waals surface area contributed by atoms with E-state index in [9.17, 15) is 21.6 Å². The van der Waals surface area contributed by atoms with Crippen molar-refractivity contribution in [2.24, 2.45) is 0 Å². The van der Waals surface area contributed by atoms with Gasteiger partial charge in [0.25, 0.3) is 0 Å². The lowest BCUT2D eigenvalue weighted by Gasteiger charge is -2.39. The summed E-state index contributed by atoms with van der Waals surface area (Å²) < 4.78 is 56.8. The Morgan fingerprint density at radius 3 is 1.88 bits per heavy atom. The van der Waals surface area contributed by atoms with Gasteiger partial charge in [0.2, 0.25) is 15.9 Å². The fourth-order valence-electron chi connectivity index (χ4n) is 6.70. The quantitative estimate of drug-likeness (QED) is 0.186. The second-order valence-corrected chi connectivity index (χ2v) is 16.6. The molecule has 0 saturated carbocycles. The number of para-hydroxylation sites is 1. The summed E-state index contributed by atoms with van der Waals surface area (Å²) in [6, 6.07) is 29.5. The predicted molar refractivity (Wildman–Crippen MR) is 198 cm³/mol. The van der Waals surface area contributed by atoms with Gasteiger partial charge in [-0.2, -0.15) is 4.31 Å². The Labute approximate surface area is 298 Å². The third kappa shape index (κ3) is 7.07. The van der Waals surface area contributed by atoms with Gasteiger partial charge in [0.05, 0.1) is 15.5 Å². The summed E-state index contributed by atoms with van der Waals surface area (Å²) in [5.74, 6) is -0.500. The van der Waals surface area contributed by atoms with Gasteiger partial charge in [-0.15, -0.1) is 0 Å². The summed E-state index contributed by atoms with van der Waals surface area (Å²) in [7, 11) is -6.38. The van der Waals surface area contributed by atoms with Crippen LogP contribution in [0.4, 0.5) is 5.69 Å². The molecule has 1 amide bonds. The Hall–Kier alpha value is -5.17. The van der Waals surface area contributed by atoms with E-state index < -0.39 is 25.9 Å². The zero-order valence-corrected chi connectivity index (χ0v) is 29.7. The first-order valence-electron chi connectivity index (χ1n) is 16.6. The first kappa shape index (κ1) is 34.3. The van der Waals surface area contributed by atoms with E-state index >= 15 is 0 Å². The number of hydrogen-bond acceptors (Lipinski definition) is 8. The molecular formula is C39H37N5O5S2. The number of piperazine rings is 1. The molecular weight excluding hydrogens is 683 g/mol. The van der Waals surface area contributed by atoms with Crippen molar-refractivity contribution in [3.05, 3.63) is 139 Å². The fourth-order valence-corrected chi connectivity index (χ4v) is 9.82. The SMILES string of the molecule is CN([C@@H](Cc1ccc(CS(=O)(=O)c2cccc3cnccc23)cc1)C(=O)N1CCN(c2ccccc2)CC1)S(=O)(=O)c1cccc2cnccc12. The number of nitrogens with zero attached hydrogens (tertiary/aromatic N) is 5. The number of likely N-dealkylation sites (N-methyl/N-ethyl adjacent to an activating group) is 1. The number of fused-ring (bicyclic) bond motifs is 2. The molecule has 0 radical (unpaired) electrons. The van der Waals surface area contributed by atoms with Crippen molar-refractivity contribution in [1.82, 2.24) is 19.2 Å². The van der Waals surface area contributed by atoms with Crippen molar-refractivity contribution < 1.29 is 21.6 Å². The summed E-state index contributed by atoms with van der Waals surface area (Å²) in [6.45, 7) is 2.12. The van der Waals surface area contributed by atoms with Crippen LogP contribution in [-0.4, -0.2) is 81.2 Å². The predicted octanol–water partition coefficient (Wildman–Crippen LogP) is 5.34. The first-order chi connectivity index (χ1) is 24.6. The zero-order valence-electron chi connectivity index (χ0n) is 28.0. The Morgan fingerprint density at radius 2 is 1.25 bits per heavy atom. The molecule has 7 rings (SSSR count). The zero-order chi connectivity index (χ0) is 35.6. The highest BCUT2D eigenvalue weighted by molar-refractivity contribution is 7.91. The lowest BCUT2D eigenvalue weighted by Crippen LogP contribution is -2.56. The molecule has 1 aliphatic heterocycles. The molecule has 1 fully saturated rings. The van der Waals surface area contributed by atoms with Crippen molar-refractivity contribution in [1.29, 1.82) is 0 Å². The summed E-state index contributed by atoms with van der Waals surface area (Å²) in [5, 5.41) is 2.56. The van der Waals surface area contributed by atoms with E-state index in [-0.39, 0.29) is 27.9 Å². The fraction of sp³-hybridized carbons (Fsp3) is 0.205. The summed E-state index contributed by atoms with van der Waals surface area (Å²) in [6.07, 6.45) is 6.48. The molecule has 51 heavy (non-hydrogen) atoms. The number of sulfone groups is 1. The number of aromatic nitrogens is 2. The van der Waals surface area contributed by atoms with Crippen molar-refractivity contribution in [3.8, 4) is 0 Å². The van der Waals surface area contributed by atoms with Gasteiger partial charge in [-0.25, -0.2) is 16.8 Å². The van der Waals surface area contributed by atoms with Crippen molar-refractivity contribution >= 4 is 53.0 Å². The molecule has 2 aromatic heterocycles. The highest BCUT2D eigenvalue weighted by Gasteiger charge is 2.37. The van der Waals surface area contributed by atoms with E-state index in [0.717, 1.165) is 11.1 Å². The number of pyridine rings is 2. The number of rotatable bonds is 10. The number of carbonyl (C=O) groups excluding carboxylic acids is 1. The molecule has 1 saturated heterocycles. The Morgan fingerprint density at radius 1 is 0.686 bits per heavy atom. The average molecular weight is 720 g/mol. The van der Waals surface area contributed by atoms with E-state index in [0.29, 0.717) is 53.5 Å². The van der Waals surface area contributed by atoms with E-state index in [1.165, 1.54) is 11.4 Å². The third-order valence-electron chi connectivity index (χ3n) is 9.52. The van der Waals surface area contributed by atoms with Crippen LogP contribution in [0.1, 0.15) is 11.1 Å². The molecule has 6 aromatic rings. The molecule has 12 heteroatoms. The molecule has 0 bridgehead atoms. The molecule has 3 heterocycles. The van der Waals surface area contributed by atoms with Gasteiger partial charge in [0.1, 0.15) is 6.04 Å². The van der Waals surface area contributed by atoms with Gasteiger partial charge >= 0.3 is 0 Å². The molecule has 0 N–H and O–H groups in total. The highest BCUT2D eigenvalue weighted by Crippen LogP contribution is 2.29. The monoisotopic (exact) mass is 719 g/mol. The molecule has 0 spiro atoms. The molecule has 260 valence electrons. The van der Waals surface area contributed by atoms with E-state index in [1.54, 1.807) is 96.4 Å². The molecule has 4 aromatic carbocycles. The van der Waals surface area contributed by atoms with Crippen LogP contribution in [-0.2, 0) is 36.8 Å². The maximum absolute atomic E-state index is 14.4. The van der Waals surface area contributed by atoms with Crippen LogP contribution in [0.15, 0.2) is 138 Å². The highest BCUT2D eigenvalue weighted by atomic mass is 32.2. The Bertz CT molecular complexity index is 2410. The summed E-state index contributed by atoms with van der Waals surface area (Å²) >= 11 is 0. The lowest BCUT2D eigenvalue weighted by atomic mass is 10.0. The van der Waals surface area contributed by atoms with Crippen molar-refractivity contribution in [3.63, 3.8) is 0 Å². The van der Waals surface area contributed by atoms with Gasteiger partial charge in [-0.3, -0.25) is 14.8 Å². The Kier molecular flexibility index (Phi) is 9.56. The van der Waals surface area contributed by atoms with Gasteiger partial charge in [-0.1, -0.05) is 66.7 Å². The minimum Gasteiger partial charge on any atom is -0.368 e. The maximum atomic E-state index is 14.4. The smallest absolute Gasteiger partial charge is 0.244 e. The van der Waals surface area contributed by atoms with Crippen LogP contribution in [0.5, 0.6) is 0 Å². The topological polar surface area (TPSA) is 121 Å².